The fourth-order valence-corrected chi connectivity index (χ4v) is 4.58. The van der Waals surface area contributed by atoms with Gasteiger partial charge in [0.25, 0.3) is 0 Å². The molecule has 2 saturated heterocycles. The number of guanidine groups is 1. The van der Waals surface area contributed by atoms with Crippen molar-refractivity contribution in [3.05, 3.63) is 35.6 Å². The fraction of sp³-hybridized carbons (Fsp3) is 0.696. The summed E-state index contributed by atoms with van der Waals surface area (Å²) >= 11 is 0. The van der Waals surface area contributed by atoms with Gasteiger partial charge in [-0.15, -0.1) is 0 Å². The number of aliphatic imine (C=N–C) groups is 1. The summed E-state index contributed by atoms with van der Waals surface area (Å²) in [5.41, 5.74) is 0.753. The quantitative estimate of drug-likeness (QED) is 0.584. The van der Waals surface area contributed by atoms with Crippen LogP contribution in [0.3, 0.4) is 0 Å². The first-order chi connectivity index (χ1) is 14.2. The zero-order chi connectivity index (χ0) is 20.1. The zero-order valence-corrected chi connectivity index (χ0v) is 17.5. The molecule has 1 aromatic rings. The molecule has 0 aromatic heterocycles. The number of rotatable bonds is 6. The molecule has 1 aromatic carbocycles. The van der Waals surface area contributed by atoms with Crippen LogP contribution in [0.2, 0.25) is 0 Å². The van der Waals surface area contributed by atoms with Crippen molar-refractivity contribution in [1.29, 1.82) is 0 Å². The average molecular weight is 404 g/mol. The number of benzene rings is 1. The van der Waals surface area contributed by atoms with Crippen LogP contribution in [-0.2, 0) is 14.9 Å². The van der Waals surface area contributed by atoms with E-state index >= 15 is 0 Å². The SMILES string of the molecule is CN=C(NCC1(c2ccccc2F)CC1)N1CCC(OCC2CCCCO2)CC1. The van der Waals surface area contributed by atoms with E-state index in [1.54, 1.807) is 12.1 Å². The molecule has 1 atom stereocenters. The van der Waals surface area contributed by atoms with Gasteiger partial charge >= 0.3 is 0 Å². The number of piperidine rings is 1. The Kier molecular flexibility index (Phi) is 6.70. The highest BCUT2D eigenvalue weighted by Crippen LogP contribution is 2.48. The third-order valence-electron chi connectivity index (χ3n) is 6.63. The second-order valence-corrected chi connectivity index (χ2v) is 8.67. The van der Waals surface area contributed by atoms with Crippen LogP contribution in [0.15, 0.2) is 29.3 Å². The topological polar surface area (TPSA) is 46.1 Å². The van der Waals surface area contributed by atoms with Gasteiger partial charge in [-0.1, -0.05) is 18.2 Å². The molecule has 1 aliphatic carbocycles. The van der Waals surface area contributed by atoms with Gasteiger partial charge in [-0.05, 0) is 56.6 Å². The van der Waals surface area contributed by atoms with Gasteiger partial charge in [0.15, 0.2) is 5.96 Å². The van der Waals surface area contributed by atoms with Crippen molar-refractivity contribution < 1.29 is 13.9 Å². The highest BCUT2D eigenvalue weighted by Gasteiger charge is 2.46. The van der Waals surface area contributed by atoms with E-state index in [0.29, 0.717) is 6.10 Å². The number of nitrogens with zero attached hydrogens (tertiary/aromatic N) is 2. The van der Waals surface area contributed by atoms with Crippen molar-refractivity contribution in [2.45, 2.75) is 62.6 Å². The first kappa shape index (κ1) is 20.6. The van der Waals surface area contributed by atoms with E-state index in [1.807, 2.05) is 19.2 Å². The summed E-state index contributed by atoms with van der Waals surface area (Å²) in [4.78, 5) is 6.78. The molecule has 160 valence electrons. The monoisotopic (exact) mass is 403 g/mol. The summed E-state index contributed by atoms with van der Waals surface area (Å²) in [6.45, 7) is 4.20. The summed E-state index contributed by atoms with van der Waals surface area (Å²) in [5, 5.41) is 3.51. The number of hydrogen-bond donors (Lipinski definition) is 1. The van der Waals surface area contributed by atoms with Crippen molar-refractivity contribution in [1.82, 2.24) is 10.2 Å². The lowest BCUT2D eigenvalue weighted by Gasteiger charge is -2.35. The maximum absolute atomic E-state index is 14.2. The van der Waals surface area contributed by atoms with Gasteiger partial charge in [0, 0.05) is 38.7 Å². The molecule has 1 N–H and O–H groups in total. The van der Waals surface area contributed by atoms with Crippen molar-refractivity contribution in [2.24, 2.45) is 4.99 Å². The molecule has 0 radical (unpaired) electrons. The highest BCUT2D eigenvalue weighted by molar-refractivity contribution is 5.80. The minimum atomic E-state index is -0.0957. The lowest BCUT2D eigenvalue weighted by Crippen LogP contribution is -2.48. The Bertz CT molecular complexity index is 693. The summed E-state index contributed by atoms with van der Waals surface area (Å²) in [6, 6.07) is 7.17. The molecular weight excluding hydrogens is 369 g/mol. The minimum Gasteiger partial charge on any atom is -0.376 e. The predicted octanol–water partition coefficient (Wildman–Crippen LogP) is 3.48. The lowest BCUT2D eigenvalue weighted by molar-refractivity contribution is -0.0721. The maximum atomic E-state index is 14.2. The molecule has 6 heteroatoms. The number of nitrogens with one attached hydrogen (secondary N) is 1. The molecule has 29 heavy (non-hydrogen) atoms. The maximum Gasteiger partial charge on any atom is 0.193 e. The molecular formula is C23H34FN3O2. The van der Waals surface area contributed by atoms with Gasteiger partial charge < -0.3 is 19.7 Å². The van der Waals surface area contributed by atoms with Gasteiger partial charge in [-0.3, -0.25) is 4.99 Å². The van der Waals surface area contributed by atoms with Gasteiger partial charge in [-0.25, -0.2) is 4.39 Å². The third kappa shape index (κ3) is 5.10. The molecule has 2 aliphatic heterocycles. The van der Waals surface area contributed by atoms with Crippen molar-refractivity contribution in [2.75, 3.05) is 39.9 Å². The summed E-state index contributed by atoms with van der Waals surface area (Å²) in [5.74, 6) is 0.823. The highest BCUT2D eigenvalue weighted by atomic mass is 19.1. The van der Waals surface area contributed by atoms with E-state index in [9.17, 15) is 4.39 Å². The molecule has 1 saturated carbocycles. The number of ether oxygens (including phenoxy) is 2. The first-order valence-electron chi connectivity index (χ1n) is 11.1. The lowest BCUT2D eigenvalue weighted by atomic mass is 9.95. The molecule has 0 spiro atoms. The Hall–Kier alpha value is -1.66. The van der Waals surface area contributed by atoms with Gasteiger partial charge in [0.1, 0.15) is 5.82 Å². The molecule has 3 fully saturated rings. The van der Waals surface area contributed by atoms with Crippen molar-refractivity contribution >= 4 is 5.96 Å². The smallest absolute Gasteiger partial charge is 0.193 e. The van der Waals surface area contributed by atoms with Crippen LogP contribution in [0.25, 0.3) is 0 Å². The Morgan fingerprint density at radius 1 is 1.24 bits per heavy atom. The van der Waals surface area contributed by atoms with Crippen LogP contribution in [0.5, 0.6) is 0 Å². The van der Waals surface area contributed by atoms with E-state index in [0.717, 1.165) is 76.5 Å². The third-order valence-corrected chi connectivity index (χ3v) is 6.63. The zero-order valence-electron chi connectivity index (χ0n) is 17.5. The Morgan fingerprint density at radius 2 is 2.03 bits per heavy atom. The summed E-state index contributed by atoms with van der Waals surface area (Å²) in [6.07, 6.45) is 8.21. The predicted molar refractivity (Wildman–Crippen MR) is 113 cm³/mol. The van der Waals surface area contributed by atoms with Crippen molar-refractivity contribution in [3.63, 3.8) is 0 Å². The Balaban J connectivity index is 1.23. The molecule has 1 unspecified atom stereocenters. The standard InChI is InChI=1S/C23H34FN3O2/c1-25-22(26-17-23(11-12-23)20-7-2-3-8-21(20)24)27-13-9-18(10-14-27)29-16-19-6-4-5-15-28-19/h2-3,7-8,18-19H,4-6,9-17H2,1H3,(H,25,26). The minimum absolute atomic E-state index is 0.0806. The summed E-state index contributed by atoms with van der Waals surface area (Å²) < 4.78 is 26.1. The molecule has 5 nitrogen and oxygen atoms in total. The van der Waals surface area contributed by atoms with E-state index in [2.05, 4.69) is 15.2 Å². The van der Waals surface area contributed by atoms with Crippen LogP contribution in [-0.4, -0.2) is 63.0 Å². The van der Waals surface area contributed by atoms with Crippen LogP contribution in [0.1, 0.15) is 50.5 Å². The second kappa shape index (κ2) is 9.43. The van der Waals surface area contributed by atoms with E-state index < -0.39 is 0 Å². The number of halogens is 1. The van der Waals surface area contributed by atoms with Gasteiger partial charge in [0.05, 0.1) is 18.8 Å². The average Bonchev–Trinajstić information content (AvgIpc) is 3.55. The Morgan fingerprint density at radius 3 is 2.69 bits per heavy atom. The fourth-order valence-electron chi connectivity index (χ4n) is 4.58. The molecule has 2 heterocycles. The van der Waals surface area contributed by atoms with E-state index in [1.165, 1.54) is 12.8 Å². The Labute approximate surface area is 173 Å². The van der Waals surface area contributed by atoms with Crippen molar-refractivity contribution in [3.8, 4) is 0 Å². The van der Waals surface area contributed by atoms with E-state index in [-0.39, 0.29) is 17.3 Å². The van der Waals surface area contributed by atoms with Gasteiger partial charge in [0.2, 0.25) is 0 Å². The van der Waals surface area contributed by atoms with E-state index in [4.69, 9.17) is 9.47 Å². The molecule has 3 aliphatic rings. The van der Waals surface area contributed by atoms with Crippen LogP contribution >= 0.6 is 0 Å². The number of likely N-dealkylation sites (tertiary alicyclic amines) is 1. The van der Waals surface area contributed by atoms with Crippen LogP contribution < -0.4 is 5.32 Å². The number of hydrogen-bond acceptors (Lipinski definition) is 3. The molecule has 0 amide bonds. The molecule has 0 bridgehead atoms. The second-order valence-electron chi connectivity index (χ2n) is 8.67. The van der Waals surface area contributed by atoms with Crippen LogP contribution in [0, 0.1) is 5.82 Å². The first-order valence-corrected chi connectivity index (χ1v) is 11.1. The normalized spacial score (nSPS) is 25.1. The largest absolute Gasteiger partial charge is 0.376 e. The van der Waals surface area contributed by atoms with Crippen LogP contribution in [0.4, 0.5) is 4.39 Å². The molecule has 4 rings (SSSR count). The van der Waals surface area contributed by atoms with Gasteiger partial charge in [-0.2, -0.15) is 0 Å². The summed E-state index contributed by atoms with van der Waals surface area (Å²) in [7, 11) is 1.83.